The van der Waals surface area contributed by atoms with E-state index in [9.17, 15) is 4.79 Å². The van der Waals surface area contributed by atoms with Crippen molar-refractivity contribution in [2.24, 2.45) is 0 Å². The van der Waals surface area contributed by atoms with Gasteiger partial charge in [-0.15, -0.1) is 0 Å². The molecule has 0 aliphatic heterocycles. The summed E-state index contributed by atoms with van der Waals surface area (Å²) in [6.07, 6.45) is 4.90. The van der Waals surface area contributed by atoms with E-state index in [1.165, 1.54) is 12.4 Å². The fourth-order valence-corrected chi connectivity index (χ4v) is 1.36. The molecule has 0 saturated heterocycles. The summed E-state index contributed by atoms with van der Waals surface area (Å²) in [5.41, 5.74) is 5.77. The Bertz CT molecular complexity index is 336. The summed E-state index contributed by atoms with van der Waals surface area (Å²) < 4.78 is 0. The Kier molecular flexibility index (Phi) is 4.69. The molecule has 5 heteroatoms. The molecule has 0 fully saturated rings. The molecule has 1 heterocycles. The molecule has 5 nitrogen and oxygen atoms in total. The summed E-state index contributed by atoms with van der Waals surface area (Å²) in [6, 6.07) is 0. The van der Waals surface area contributed by atoms with Gasteiger partial charge in [-0.05, 0) is 13.3 Å². The standard InChI is InChI=1S/C11H18N4O/c1-3-5-6-15(4-2)11(16)9-7-14-10(12)8-13-9/h7-8H,3-6H2,1-2H3,(H2,12,14). The largest absolute Gasteiger partial charge is 0.382 e. The first-order chi connectivity index (χ1) is 7.69. The van der Waals surface area contributed by atoms with Crippen LogP contribution in [0, 0.1) is 0 Å². The van der Waals surface area contributed by atoms with Gasteiger partial charge in [-0.25, -0.2) is 9.97 Å². The lowest BCUT2D eigenvalue weighted by molar-refractivity contribution is 0.0756. The normalized spacial score (nSPS) is 10.1. The first kappa shape index (κ1) is 12.4. The molecule has 0 bridgehead atoms. The number of aromatic nitrogens is 2. The van der Waals surface area contributed by atoms with Crippen LogP contribution in [0.4, 0.5) is 5.82 Å². The zero-order valence-corrected chi connectivity index (χ0v) is 9.81. The summed E-state index contributed by atoms with van der Waals surface area (Å²) in [5.74, 6) is 0.247. The quantitative estimate of drug-likeness (QED) is 0.815. The summed E-state index contributed by atoms with van der Waals surface area (Å²) in [4.78, 5) is 21.6. The Morgan fingerprint density at radius 1 is 1.38 bits per heavy atom. The Morgan fingerprint density at radius 3 is 2.62 bits per heavy atom. The van der Waals surface area contributed by atoms with Gasteiger partial charge in [0.2, 0.25) is 0 Å². The van der Waals surface area contributed by atoms with Gasteiger partial charge in [-0.3, -0.25) is 4.79 Å². The second-order valence-corrected chi connectivity index (χ2v) is 3.56. The molecule has 0 aliphatic rings. The summed E-state index contributed by atoms with van der Waals surface area (Å²) in [6.45, 7) is 5.50. The van der Waals surface area contributed by atoms with Crippen molar-refractivity contribution in [2.45, 2.75) is 26.7 Å². The molecule has 0 radical (unpaired) electrons. The molecule has 1 rings (SSSR count). The van der Waals surface area contributed by atoms with Crippen molar-refractivity contribution in [2.75, 3.05) is 18.8 Å². The van der Waals surface area contributed by atoms with Crippen LogP contribution in [0.25, 0.3) is 0 Å². The zero-order chi connectivity index (χ0) is 12.0. The molecule has 0 aromatic carbocycles. The number of carbonyl (C=O) groups is 1. The molecule has 88 valence electrons. The number of hydrogen-bond donors (Lipinski definition) is 1. The highest BCUT2D eigenvalue weighted by atomic mass is 16.2. The highest BCUT2D eigenvalue weighted by Gasteiger charge is 2.14. The first-order valence-corrected chi connectivity index (χ1v) is 5.55. The van der Waals surface area contributed by atoms with Crippen molar-refractivity contribution >= 4 is 11.7 Å². The molecular weight excluding hydrogens is 204 g/mol. The SMILES string of the molecule is CCCCN(CC)C(=O)c1cnc(N)cn1. The average molecular weight is 222 g/mol. The van der Waals surface area contributed by atoms with Crippen molar-refractivity contribution in [3.63, 3.8) is 0 Å². The maximum Gasteiger partial charge on any atom is 0.274 e. The molecule has 0 aliphatic carbocycles. The van der Waals surface area contributed by atoms with Gasteiger partial charge < -0.3 is 10.6 Å². The van der Waals surface area contributed by atoms with Crippen molar-refractivity contribution in [1.29, 1.82) is 0 Å². The molecular formula is C11H18N4O. The maximum absolute atomic E-state index is 12.0. The van der Waals surface area contributed by atoms with E-state index >= 15 is 0 Å². The van der Waals surface area contributed by atoms with Crippen molar-refractivity contribution in [1.82, 2.24) is 14.9 Å². The third-order valence-corrected chi connectivity index (χ3v) is 2.34. The van der Waals surface area contributed by atoms with Crippen LogP contribution in [0.1, 0.15) is 37.2 Å². The Morgan fingerprint density at radius 2 is 2.12 bits per heavy atom. The van der Waals surface area contributed by atoms with E-state index < -0.39 is 0 Å². The molecule has 1 amide bonds. The Hall–Kier alpha value is -1.65. The average Bonchev–Trinajstić information content (AvgIpc) is 2.30. The number of nitrogens with zero attached hydrogens (tertiary/aromatic N) is 3. The Balaban J connectivity index is 2.70. The van der Waals surface area contributed by atoms with E-state index in [0.29, 0.717) is 18.1 Å². The van der Waals surface area contributed by atoms with Gasteiger partial charge in [0, 0.05) is 13.1 Å². The fraction of sp³-hybridized carbons (Fsp3) is 0.545. The van der Waals surface area contributed by atoms with Gasteiger partial charge in [-0.1, -0.05) is 13.3 Å². The lowest BCUT2D eigenvalue weighted by Crippen LogP contribution is -2.32. The van der Waals surface area contributed by atoms with Gasteiger partial charge in [0.25, 0.3) is 5.91 Å². The fourth-order valence-electron chi connectivity index (χ4n) is 1.36. The minimum atomic E-state index is -0.0801. The molecule has 0 spiro atoms. The number of nitrogen functional groups attached to an aromatic ring is 1. The number of unbranched alkanes of at least 4 members (excludes halogenated alkanes) is 1. The number of hydrogen-bond acceptors (Lipinski definition) is 4. The summed E-state index contributed by atoms with van der Waals surface area (Å²) >= 11 is 0. The predicted octanol–water partition coefficient (Wildman–Crippen LogP) is 1.32. The predicted molar refractivity (Wildman–Crippen MR) is 62.9 cm³/mol. The molecule has 2 N–H and O–H groups in total. The van der Waals surface area contributed by atoms with Gasteiger partial charge >= 0.3 is 0 Å². The van der Waals surface area contributed by atoms with Crippen molar-refractivity contribution in [3.8, 4) is 0 Å². The molecule has 0 unspecified atom stereocenters. The van der Waals surface area contributed by atoms with E-state index in [0.717, 1.165) is 19.4 Å². The van der Waals surface area contributed by atoms with Crippen molar-refractivity contribution < 1.29 is 4.79 Å². The van der Waals surface area contributed by atoms with Crippen LogP contribution in [-0.2, 0) is 0 Å². The molecule has 16 heavy (non-hydrogen) atoms. The third kappa shape index (κ3) is 3.18. The van der Waals surface area contributed by atoms with Gasteiger partial charge in [-0.2, -0.15) is 0 Å². The first-order valence-electron chi connectivity index (χ1n) is 5.55. The second-order valence-electron chi connectivity index (χ2n) is 3.56. The van der Waals surface area contributed by atoms with E-state index in [-0.39, 0.29) is 5.91 Å². The second kappa shape index (κ2) is 6.05. The molecule has 1 aromatic rings. The van der Waals surface area contributed by atoms with Crippen LogP contribution in [0.5, 0.6) is 0 Å². The van der Waals surface area contributed by atoms with Crippen LogP contribution in [-0.4, -0.2) is 33.9 Å². The monoisotopic (exact) mass is 222 g/mol. The van der Waals surface area contributed by atoms with E-state index in [4.69, 9.17) is 5.73 Å². The van der Waals surface area contributed by atoms with Crippen LogP contribution < -0.4 is 5.73 Å². The van der Waals surface area contributed by atoms with Crippen LogP contribution >= 0.6 is 0 Å². The topological polar surface area (TPSA) is 72.1 Å². The number of amides is 1. The van der Waals surface area contributed by atoms with Gasteiger partial charge in [0.1, 0.15) is 11.5 Å². The van der Waals surface area contributed by atoms with Crippen LogP contribution in [0.15, 0.2) is 12.4 Å². The van der Waals surface area contributed by atoms with Gasteiger partial charge in [0.05, 0.1) is 12.4 Å². The minimum Gasteiger partial charge on any atom is -0.382 e. The number of nitrogens with two attached hydrogens (primary N) is 1. The van der Waals surface area contributed by atoms with Crippen LogP contribution in [0.2, 0.25) is 0 Å². The van der Waals surface area contributed by atoms with Gasteiger partial charge in [0.15, 0.2) is 0 Å². The van der Waals surface area contributed by atoms with E-state index in [2.05, 4.69) is 16.9 Å². The zero-order valence-electron chi connectivity index (χ0n) is 9.81. The number of rotatable bonds is 5. The lowest BCUT2D eigenvalue weighted by Gasteiger charge is -2.19. The number of anilines is 1. The summed E-state index contributed by atoms with van der Waals surface area (Å²) in [7, 11) is 0. The smallest absolute Gasteiger partial charge is 0.274 e. The van der Waals surface area contributed by atoms with Crippen LogP contribution in [0.3, 0.4) is 0 Å². The Labute approximate surface area is 95.7 Å². The molecule has 1 aromatic heterocycles. The minimum absolute atomic E-state index is 0.0801. The van der Waals surface area contributed by atoms with E-state index in [1.54, 1.807) is 4.90 Å². The molecule has 0 atom stereocenters. The summed E-state index contributed by atoms with van der Waals surface area (Å²) in [5, 5.41) is 0. The highest BCUT2D eigenvalue weighted by Crippen LogP contribution is 2.03. The lowest BCUT2D eigenvalue weighted by atomic mass is 10.3. The van der Waals surface area contributed by atoms with E-state index in [1.807, 2.05) is 6.92 Å². The molecule has 0 saturated carbocycles. The maximum atomic E-state index is 12.0. The third-order valence-electron chi connectivity index (χ3n) is 2.34. The number of carbonyl (C=O) groups excluding carboxylic acids is 1. The highest BCUT2D eigenvalue weighted by molar-refractivity contribution is 5.92. The van der Waals surface area contributed by atoms with Crippen molar-refractivity contribution in [3.05, 3.63) is 18.1 Å².